The van der Waals surface area contributed by atoms with Crippen LogP contribution in [0.4, 0.5) is 0 Å². The molecule has 36 heavy (non-hydrogen) atoms. The molecule has 1 aromatic heterocycles. The van der Waals surface area contributed by atoms with E-state index in [-0.39, 0.29) is 18.6 Å². The van der Waals surface area contributed by atoms with Gasteiger partial charge < -0.3 is 31.2 Å². The molecule has 2 rings (SSSR count). The first-order valence-corrected chi connectivity index (χ1v) is 12.8. The second kappa shape index (κ2) is 14.5. The maximum atomic E-state index is 12.4. The number of ether oxygens (including phenoxy) is 2. The number of nitrogens with zero attached hydrogens (tertiary/aromatic N) is 2. The summed E-state index contributed by atoms with van der Waals surface area (Å²) in [5.74, 6) is -0.434. The molecule has 0 spiro atoms. The van der Waals surface area contributed by atoms with Crippen LogP contribution in [0.1, 0.15) is 18.2 Å². The molecule has 204 valence electrons. The zero-order chi connectivity index (χ0) is 26.7. The lowest BCUT2D eigenvalue weighted by molar-refractivity contribution is -0.116. The Labute approximate surface area is 207 Å². The fraction of sp³-hybridized carbons (Fsp3) is 0.650. The Morgan fingerprint density at radius 1 is 1.33 bits per heavy atom. The monoisotopic (exact) mass is 534 g/mol. The van der Waals surface area contributed by atoms with Crippen molar-refractivity contribution in [3.8, 4) is 0 Å². The van der Waals surface area contributed by atoms with E-state index in [1.807, 2.05) is 4.90 Å². The average molecular weight is 535 g/mol. The fourth-order valence-electron chi connectivity index (χ4n) is 3.61. The molecule has 1 amide bonds. The van der Waals surface area contributed by atoms with Crippen LogP contribution in [0.5, 0.6) is 0 Å². The summed E-state index contributed by atoms with van der Waals surface area (Å²) < 4.78 is 33.4. The van der Waals surface area contributed by atoms with E-state index in [0.717, 1.165) is 11.7 Å². The zero-order valence-corrected chi connectivity index (χ0v) is 21.2. The van der Waals surface area contributed by atoms with E-state index < -0.39 is 43.4 Å². The van der Waals surface area contributed by atoms with Gasteiger partial charge in [0.2, 0.25) is 5.91 Å². The van der Waals surface area contributed by atoms with Gasteiger partial charge in [-0.1, -0.05) is 0 Å². The van der Waals surface area contributed by atoms with Crippen LogP contribution in [0.15, 0.2) is 21.9 Å². The van der Waals surface area contributed by atoms with Crippen molar-refractivity contribution in [1.82, 2.24) is 19.8 Å². The van der Waals surface area contributed by atoms with Crippen LogP contribution in [0.25, 0.3) is 6.08 Å². The van der Waals surface area contributed by atoms with E-state index in [1.54, 1.807) is 0 Å². The lowest BCUT2D eigenvalue weighted by Gasteiger charge is -2.20. The quantitative estimate of drug-likeness (QED) is 0.121. The molecule has 1 saturated heterocycles. The molecule has 0 aliphatic carbocycles. The fourth-order valence-corrected chi connectivity index (χ4v) is 4.26. The second-order valence-corrected chi connectivity index (χ2v) is 9.42. The molecule has 7 N–H and O–H groups in total. The van der Waals surface area contributed by atoms with Crippen LogP contribution in [0.2, 0.25) is 0 Å². The number of phosphoric acid groups is 1. The first-order chi connectivity index (χ1) is 17.1. The van der Waals surface area contributed by atoms with Crippen molar-refractivity contribution < 1.29 is 32.8 Å². The number of carbonyl (C=O) groups is 1. The molecule has 0 aromatic carbocycles. The van der Waals surface area contributed by atoms with Gasteiger partial charge in [-0.15, -0.1) is 0 Å². The van der Waals surface area contributed by atoms with E-state index in [2.05, 4.69) is 14.8 Å². The smallest absolute Gasteiger partial charge is 0.382 e. The number of aromatic amines is 1. The third-order valence-corrected chi connectivity index (χ3v) is 6.35. The molecule has 4 unspecified atom stereocenters. The molecular formula is C20H35N6O9P. The van der Waals surface area contributed by atoms with E-state index in [4.69, 9.17) is 25.5 Å². The number of amides is 1. The van der Waals surface area contributed by atoms with Crippen molar-refractivity contribution in [2.45, 2.75) is 24.9 Å². The van der Waals surface area contributed by atoms with E-state index >= 15 is 0 Å². The van der Waals surface area contributed by atoms with Gasteiger partial charge in [0.05, 0.1) is 12.2 Å². The Morgan fingerprint density at radius 3 is 2.64 bits per heavy atom. The number of H-pyrrole nitrogens is 1. The lowest BCUT2D eigenvalue weighted by atomic mass is 10.2. The third-order valence-electron chi connectivity index (χ3n) is 5.35. The summed E-state index contributed by atoms with van der Waals surface area (Å²) in [6.07, 6.45) is 1.04. The van der Waals surface area contributed by atoms with Crippen LogP contribution in [0.3, 0.4) is 0 Å². The molecule has 4 atom stereocenters. The summed E-state index contributed by atoms with van der Waals surface area (Å²) in [6, 6.07) is 0. The van der Waals surface area contributed by atoms with Crippen molar-refractivity contribution in [1.29, 1.82) is 0 Å². The maximum absolute atomic E-state index is 12.4. The van der Waals surface area contributed by atoms with Gasteiger partial charge in [-0.2, -0.15) is 0 Å². The van der Waals surface area contributed by atoms with Gasteiger partial charge in [-0.05, 0) is 6.08 Å². The topological polar surface area (TPSA) is 213 Å². The van der Waals surface area contributed by atoms with Gasteiger partial charge in [0.15, 0.2) is 0 Å². The second-order valence-electron chi connectivity index (χ2n) is 7.91. The summed E-state index contributed by atoms with van der Waals surface area (Å²) in [4.78, 5) is 50.8. The number of aromatic nitrogens is 2. The Hall–Kier alpha value is -2.20. The van der Waals surface area contributed by atoms with Crippen LogP contribution >= 0.6 is 7.82 Å². The van der Waals surface area contributed by atoms with Crippen LogP contribution in [-0.4, -0.2) is 97.6 Å². The van der Waals surface area contributed by atoms with Crippen molar-refractivity contribution in [3.05, 3.63) is 38.7 Å². The van der Waals surface area contributed by atoms with Crippen LogP contribution in [0, 0.1) is 0 Å². The SMILES string of the molecule is COCC1OC(n2cc(/C=C/C(=O)NCCN(CCN)CCN)c(=O)[nH]c2=O)CC1OP(=O)(O)OC. The van der Waals surface area contributed by atoms with Crippen molar-refractivity contribution >= 4 is 19.8 Å². The molecule has 0 bridgehead atoms. The number of methoxy groups -OCH3 is 1. The van der Waals surface area contributed by atoms with Crippen LogP contribution < -0.4 is 28.0 Å². The Kier molecular flexibility index (Phi) is 12.1. The average Bonchev–Trinajstić information content (AvgIpc) is 3.20. The number of hydrogen-bond donors (Lipinski definition) is 5. The highest BCUT2D eigenvalue weighted by molar-refractivity contribution is 7.47. The number of hydrogen-bond acceptors (Lipinski definition) is 11. The predicted molar refractivity (Wildman–Crippen MR) is 130 cm³/mol. The minimum absolute atomic E-state index is 0.000370. The molecule has 2 heterocycles. The Morgan fingerprint density at radius 2 is 2.03 bits per heavy atom. The Bertz CT molecular complexity index is 1040. The third kappa shape index (κ3) is 9.03. The molecule has 1 aliphatic rings. The summed E-state index contributed by atoms with van der Waals surface area (Å²) in [5.41, 5.74) is 9.69. The number of phosphoric ester groups is 1. The van der Waals surface area contributed by atoms with E-state index in [9.17, 15) is 23.8 Å². The molecule has 15 nitrogen and oxygen atoms in total. The summed E-state index contributed by atoms with van der Waals surface area (Å²) in [5, 5.41) is 2.71. The van der Waals surface area contributed by atoms with E-state index in [0.29, 0.717) is 39.3 Å². The van der Waals surface area contributed by atoms with Crippen molar-refractivity contribution in [2.75, 3.05) is 60.1 Å². The highest BCUT2D eigenvalue weighted by atomic mass is 31.2. The first kappa shape index (κ1) is 30.0. The molecule has 1 fully saturated rings. The highest BCUT2D eigenvalue weighted by Gasteiger charge is 2.41. The van der Waals surface area contributed by atoms with Crippen molar-refractivity contribution in [2.24, 2.45) is 11.5 Å². The number of nitrogens with one attached hydrogen (secondary N) is 2. The van der Waals surface area contributed by atoms with Crippen LogP contribution in [-0.2, 0) is 27.9 Å². The molecular weight excluding hydrogens is 499 g/mol. The highest BCUT2D eigenvalue weighted by Crippen LogP contribution is 2.47. The normalized spacial score (nSPS) is 21.8. The minimum Gasteiger partial charge on any atom is -0.382 e. The lowest BCUT2D eigenvalue weighted by Crippen LogP contribution is -2.39. The standard InChI is InChI=1S/C20H35N6O9P/c1-32-13-16-15(35-36(30,31)33-2)11-18(34-16)26-12-14(19(28)24-20(26)29)3-4-17(27)23-7-10-25(8-5-21)9-6-22/h3-4,12,15-16,18H,5-11,13,21-22H2,1-2H3,(H,23,27)(H,30,31)(H,24,28,29)/b4-3+. The summed E-state index contributed by atoms with van der Waals surface area (Å²) >= 11 is 0. The number of rotatable bonds is 15. The first-order valence-electron chi connectivity index (χ1n) is 11.3. The molecule has 1 aromatic rings. The molecule has 16 heteroatoms. The van der Waals surface area contributed by atoms with Gasteiger partial charge in [0, 0.05) is 72.2 Å². The molecule has 1 aliphatic heterocycles. The summed E-state index contributed by atoms with van der Waals surface area (Å²) in [7, 11) is -1.89. The van der Waals surface area contributed by atoms with Gasteiger partial charge >= 0.3 is 13.5 Å². The van der Waals surface area contributed by atoms with Gasteiger partial charge in [-0.25, -0.2) is 9.36 Å². The Balaban J connectivity index is 2.10. The minimum atomic E-state index is -4.33. The van der Waals surface area contributed by atoms with Gasteiger partial charge in [0.1, 0.15) is 18.4 Å². The zero-order valence-electron chi connectivity index (χ0n) is 20.3. The molecule has 0 saturated carbocycles. The van der Waals surface area contributed by atoms with E-state index in [1.165, 1.54) is 25.5 Å². The van der Waals surface area contributed by atoms with Gasteiger partial charge in [-0.3, -0.25) is 33.1 Å². The maximum Gasteiger partial charge on any atom is 0.472 e. The van der Waals surface area contributed by atoms with Gasteiger partial charge in [0.25, 0.3) is 5.56 Å². The predicted octanol–water partition coefficient (Wildman–Crippen LogP) is -2.05. The molecule has 0 radical (unpaired) electrons. The number of carbonyl (C=O) groups excluding carboxylic acids is 1. The largest absolute Gasteiger partial charge is 0.472 e. The number of nitrogens with two attached hydrogens (primary N) is 2. The summed E-state index contributed by atoms with van der Waals surface area (Å²) in [6.45, 7) is 3.19. The van der Waals surface area contributed by atoms with Crippen molar-refractivity contribution in [3.63, 3.8) is 0 Å².